The van der Waals surface area contributed by atoms with Crippen LogP contribution in [0.4, 0.5) is 0 Å². The second kappa shape index (κ2) is 5.67. The van der Waals surface area contributed by atoms with Gasteiger partial charge in [-0.25, -0.2) is 0 Å². The lowest BCUT2D eigenvalue weighted by molar-refractivity contribution is 0.298. The highest BCUT2D eigenvalue weighted by molar-refractivity contribution is 4.90. The Labute approximate surface area is 85.1 Å². The Balaban J connectivity index is 0.000000451. The molecule has 0 aromatic carbocycles. The first-order valence-electron chi connectivity index (χ1n) is 5.81. The highest BCUT2D eigenvalue weighted by Gasteiger charge is 2.39. The quantitative estimate of drug-likeness (QED) is 0.495. The Bertz CT molecular complexity index is 120. The molecule has 80 valence electrons. The van der Waals surface area contributed by atoms with E-state index in [1.807, 2.05) is 13.8 Å². The molecule has 13 heavy (non-hydrogen) atoms. The van der Waals surface area contributed by atoms with E-state index >= 15 is 0 Å². The predicted molar refractivity (Wildman–Crippen MR) is 62.0 cm³/mol. The van der Waals surface area contributed by atoms with Crippen molar-refractivity contribution in [1.82, 2.24) is 0 Å². The molecule has 1 spiro atoms. The van der Waals surface area contributed by atoms with Crippen molar-refractivity contribution in [3.8, 4) is 0 Å². The van der Waals surface area contributed by atoms with Gasteiger partial charge in [-0.15, -0.1) is 0 Å². The monoisotopic (exact) mass is 184 g/mol. The Morgan fingerprint density at radius 3 is 1.92 bits per heavy atom. The van der Waals surface area contributed by atoms with E-state index in [0.717, 1.165) is 11.3 Å². The number of rotatable bonds is 0. The predicted octanol–water partition coefficient (Wildman–Crippen LogP) is 5.03. The van der Waals surface area contributed by atoms with Crippen LogP contribution in [0.25, 0.3) is 0 Å². The van der Waals surface area contributed by atoms with Crippen LogP contribution in [0.1, 0.15) is 73.1 Å². The summed E-state index contributed by atoms with van der Waals surface area (Å²) in [5, 5.41) is 0. The second-order valence-electron chi connectivity index (χ2n) is 4.56. The summed E-state index contributed by atoms with van der Waals surface area (Å²) < 4.78 is 0. The number of hydrogen-bond donors (Lipinski definition) is 0. The summed E-state index contributed by atoms with van der Waals surface area (Å²) in [7, 11) is 0. The Kier molecular flexibility index (Phi) is 5.67. The summed E-state index contributed by atoms with van der Waals surface area (Å²) in [5.41, 5.74) is 0.861. The fourth-order valence-corrected chi connectivity index (χ4v) is 3.08. The van der Waals surface area contributed by atoms with Crippen LogP contribution in [0.2, 0.25) is 0 Å². The number of hydrogen-bond acceptors (Lipinski definition) is 0. The fourth-order valence-electron chi connectivity index (χ4n) is 3.08. The maximum Gasteiger partial charge on any atom is -0.0295 e. The van der Waals surface area contributed by atoms with Crippen LogP contribution in [-0.4, -0.2) is 0 Å². The van der Waals surface area contributed by atoms with Gasteiger partial charge in [-0.05, 0) is 37.0 Å². The van der Waals surface area contributed by atoms with E-state index in [4.69, 9.17) is 0 Å². The molecule has 2 fully saturated rings. The Morgan fingerprint density at radius 2 is 1.54 bits per heavy atom. The van der Waals surface area contributed by atoms with Gasteiger partial charge in [0.2, 0.25) is 0 Å². The molecule has 2 rings (SSSR count). The van der Waals surface area contributed by atoms with Gasteiger partial charge in [-0.2, -0.15) is 0 Å². The third-order valence-corrected chi connectivity index (χ3v) is 3.61. The SMILES string of the molecule is C.CC.C[C@H]1CCC2(CCCC2)C1. The lowest BCUT2D eigenvalue weighted by Gasteiger charge is -2.21. The van der Waals surface area contributed by atoms with Crippen molar-refractivity contribution in [1.29, 1.82) is 0 Å². The molecule has 0 aromatic heterocycles. The minimum absolute atomic E-state index is 0. The molecule has 0 nitrogen and oxygen atoms in total. The van der Waals surface area contributed by atoms with Gasteiger partial charge in [0.15, 0.2) is 0 Å². The molecule has 2 aliphatic carbocycles. The topological polar surface area (TPSA) is 0 Å². The zero-order chi connectivity index (χ0) is 9.03. The van der Waals surface area contributed by atoms with Gasteiger partial charge in [0.1, 0.15) is 0 Å². The van der Waals surface area contributed by atoms with Crippen molar-refractivity contribution in [3.63, 3.8) is 0 Å². The zero-order valence-corrected chi connectivity index (χ0v) is 9.03. The lowest BCUT2D eigenvalue weighted by Crippen LogP contribution is -2.10. The molecule has 0 radical (unpaired) electrons. The second-order valence-corrected chi connectivity index (χ2v) is 4.56. The normalized spacial score (nSPS) is 29.3. The van der Waals surface area contributed by atoms with Crippen molar-refractivity contribution in [3.05, 3.63) is 0 Å². The molecule has 0 saturated heterocycles. The Hall–Kier alpha value is 0. The lowest BCUT2D eigenvalue weighted by atomic mass is 9.84. The van der Waals surface area contributed by atoms with E-state index in [0.29, 0.717) is 0 Å². The van der Waals surface area contributed by atoms with Gasteiger partial charge in [0.25, 0.3) is 0 Å². The summed E-state index contributed by atoms with van der Waals surface area (Å²) in [6.45, 7) is 6.42. The fraction of sp³-hybridized carbons (Fsp3) is 1.00. The molecule has 0 heterocycles. The van der Waals surface area contributed by atoms with Crippen LogP contribution in [0, 0.1) is 11.3 Å². The van der Waals surface area contributed by atoms with Gasteiger partial charge >= 0.3 is 0 Å². The summed E-state index contributed by atoms with van der Waals surface area (Å²) >= 11 is 0. The van der Waals surface area contributed by atoms with E-state index < -0.39 is 0 Å². The maximum absolute atomic E-state index is 2.42. The summed E-state index contributed by atoms with van der Waals surface area (Å²) in [6, 6.07) is 0. The van der Waals surface area contributed by atoms with Crippen LogP contribution >= 0.6 is 0 Å². The van der Waals surface area contributed by atoms with E-state index in [1.54, 1.807) is 25.7 Å². The molecule has 0 N–H and O–H groups in total. The van der Waals surface area contributed by atoms with Gasteiger partial charge < -0.3 is 0 Å². The molecule has 2 saturated carbocycles. The molecular weight excluding hydrogens is 156 g/mol. The third-order valence-electron chi connectivity index (χ3n) is 3.61. The first-order chi connectivity index (χ1) is 5.81. The van der Waals surface area contributed by atoms with Crippen LogP contribution in [0.5, 0.6) is 0 Å². The van der Waals surface area contributed by atoms with E-state index in [-0.39, 0.29) is 7.43 Å². The van der Waals surface area contributed by atoms with Crippen molar-refractivity contribution in [2.24, 2.45) is 11.3 Å². The highest BCUT2D eigenvalue weighted by atomic mass is 14.4. The van der Waals surface area contributed by atoms with E-state index in [2.05, 4.69) is 6.92 Å². The van der Waals surface area contributed by atoms with Crippen LogP contribution in [0.15, 0.2) is 0 Å². The van der Waals surface area contributed by atoms with Crippen molar-refractivity contribution in [2.75, 3.05) is 0 Å². The van der Waals surface area contributed by atoms with Crippen LogP contribution < -0.4 is 0 Å². The van der Waals surface area contributed by atoms with Crippen LogP contribution in [0.3, 0.4) is 0 Å². The molecular formula is C13H28. The van der Waals surface area contributed by atoms with Gasteiger partial charge in [0.05, 0.1) is 0 Å². The van der Waals surface area contributed by atoms with Crippen molar-refractivity contribution in [2.45, 2.75) is 73.1 Å². The van der Waals surface area contributed by atoms with E-state index in [9.17, 15) is 0 Å². The summed E-state index contributed by atoms with van der Waals surface area (Å²) in [4.78, 5) is 0. The van der Waals surface area contributed by atoms with Gasteiger partial charge in [-0.3, -0.25) is 0 Å². The zero-order valence-electron chi connectivity index (χ0n) is 9.03. The Morgan fingerprint density at radius 1 is 1.00 bits per heavy atom. The minimum atomic E-state index is 0. The van der Waals surface area contributed by atoms with Gasteiger partial charge in [0, 0.05) is 0 Å². The van der Waals surface area contributed by atoms with Gasteiger partial charge in [-0.1, -0.05) is 47.5 Å². The third kappa shape index (κ3) is 3.00. The van der Waals surface area contributed by atoms with E-state index in [1.165, 1.54) is 19.3 Å². The molecule has 0 bridgehead atoms. The average Bonchev–Trinajstić information content (AvgIpc) is 2.68. The summed E-state index contributed by atoms with van der Waals surface area (Å²) in [5.74, 6) is 1.04. The molecule has 1 atom stereocenters. The molecule has 0 heteroatoms. The molecule has 0 unspecified atom stereocenters. The van der Waals surface area contributed by atoms with Crippen LogP contribution in [-0.2, 0) is 0 Å². The first-order valence-corrected chi connectivity index (χ1v) is 5.81. The summed E-state index contributed by atoms with van der Waals surface area (Å²) in [6.07, 6.45) is 10.8. The minimum Gasteiger partial charge on any atom is -0.0776 e. The molecule has 2 aliphatic rings. The molecule has 0 amide bonds. The molecule has 0 aliphatic heterocycles. The largest absolute Gasteiger partial charge is 0.0776 e. The standard InChI is InChI=1S/C10H18.C2H6.CH4/c1-9-4-7-10(8-9)5-2-3-6-10;1-2;/h9H,2-8H2,1H3;1-2H3;1H4/t9-;;/m0../s1. The average molecular weight is 184 g/mol. The maximum atomic E-state index is 2.42. The molecule has 0 aromatic rings. The highest BCUT2D eigenvalue weighted by Crippen LogP contribution is 2.52. The van der Waals surface area contributed by atoms with Crippen molar-refractivity contribution >= 4 is 0 Å². The first kappa shape index (κ1) is 13.0. The van der Waals surface area contributed by atoms with Crippen molar-refractivity contribution < 1.29 is 0 Å². The smallest absolute Gasteiger partial charge is 0.0295 e.